The Morgan fingerprint density at radius 2 is 1.73 bits per heavy atom. The number of imidazole rings is 1. The highest BCUT2D eigenvalue weighted by Crippen LogP contribution is 2.38. The van der Waals surface area contributed by atoms with Crippen molar-refractivity contribution in [3.63, 3.8) is 0 Å². The molecule has 0 aliphatic carbocycles. The molecule has 2 aliphatic heterocycles. The third-order valence-corrected chi connectivity index (χ3v) is 5.97. The number of alkyl halides is 3. The van der Waals surface area contributed by atoms with Crippen molar-refractivity contribution < 1.29 is 36.6 Å². The molecule has 0 spiro atoms. The fourth-order valence-electron chi connectivity index (χ4n) is 4.07. The molecule has 0 saturated carbocycles. The molecule has 3 aromatic rings. The van der Waals surface area contributed by atoms with E-state index >= 15 is 0 Å². The number of carboxylic acid groups (broad SMARTS) is 1. The summed E-state index contributed by atoms with van der Waals surface area (Å²) in [6, 6.07) is 5.47. The van der Waals surface area contributed by atoms with Crippen molar-refractivity contribution in [2.45, 2.75) is 25.6 Å². The van der Waals surface area contributed by atoms with Gasteiger partial charge in [0.15, 0.2) is 29.3 Å². The number of benzene rings is 2. The summed E-state index contributed by atoms with van der Waals surface area (Å²) in [5, 5.41) is 14.0. The predicted octanol–water partition coefficient (Wildman–Crippen LogP) is 5.66. The monoisotopic (exact) mass is 570 g/mol. The van der Waals surface area contributed by atoms with Crippen LogP contribution in [0.15, 0.2) is 61.2 Å². The van der Waals surface area contributed by atoms with Gasteiger partial charge in [-0.05, 0) is 36.8 Å². The Balaban J connectivity index is 1.49. The second kappa shape index (κ2) is 10.9. The minimum absolute atomic E-state index is 0.00507. The normalized spacial score (nSPS) is 12.4. The van der Waals surface area contributed by atoms with Crippen LogP contribution in [0.5, 0.6) is 5.75 Å². The number of rotatable bonds is 8. The summed E-state index contributed by atoms with van der Waals surface area (Å²) in [5.74, 6) is -3.94. The number of hydrogen-bond donors (Lipinski definition) is 1. The van der Waals surface area contributed by atoms with Crippen LogP contribution in [0.3, 0.4) is 0 Å². The smallest absolute Gasteiger partial charge is 0.417 e. The fourth-order valence-corrected chi connectivity index (χ4v) is 4.07. The highest BCUT2D eigenvalue weighted by Gasteiger charge is 2.35. The Morgan fingerprint density at radius 3 is 2.41 bits per heavy atom. The third kappa shape index (κ3) is 5.53. The maximum Gasteiger partial charge on any atom is 0.417 e. The van der Waals surface area contributed by atoms with Crippen molar-refractivity contribution >= 4 is 5.97 Å². The predicted molar refractivity (Wildman–Crippen MR) is 134 cm³/mol. The first-order valence-electron chi connectivity index (χ1n) is 12.1. The molecular formula is C27H19F5N6O3. The van der Waals surface area contributed by atoms with Crippen LogP contribution in [0.4, 0.5) is 22.0 Å². The molecule has 0 saturated heterocycles. The first kappa shape index (κ1) is 27.6. The van der Waals surface area contributed by atoms with E-state index < -0.39 is 35.4 Å². The highest BCUT2D eigenvalue weighted by atomic mass is 19.4. The number of aromatic nitrogens is 6. The topological polar surface area (TPSA) is 116 Å². The van der Waals surface area contributed by atoms with Gasteiger partial charge in [-0.15, -0.1) is 0 Å². The lowest BCUT2D eigenvalue weighted by Gasteiger charge is -2.17. The molecule has 5 rings (SSSR count). The van der Waals surface area contributed by atoms with Gasteiger partial charge in [-0.1, -0.05) is 13.0 Å². The van der Waals surface area contributed by atoms with Gasteiger partial charge >= 0.3 is 12.1 Å². The number of nitrogens with zero attached hydrogens (tertiary/aromatic N) is 6. The molecular weight excluding hydrogens is 551 g/mol. The quantitative estimate of drug-likeness (QED) is 0.238. The average Bonchev–Trinajstić information content (AvgIpc) is 3.36. The Hall–Kier alpha value is -5.01. The summed E-state index contributed by atoms with van der Waals surface area (Å²) >= 11 is 0. The summed E-state index contributed by atoms with van der Waals surface area (Å²) in [7, 11) is 0. The number of carbonyl (C=O) groups is 1. The number of carboxylic acids is 1. The molecule has 9 nitrogen and oxygen atoms in total. The largest absolute Gasteiger partial charge is 0.494 e. The van der Waals surface area contributed by atoms with Crippen molar-refractivity contribution in [3.05, 3.63) is 83.9 Å². The minimum atomic E-state index is -4.73. The second-order valence-electron chi connectivity index (χ2n) is 8.81. The first-order chi connectivity index (χ1) is 19.6. The number of aliphatic carboxylic acids is 1. The molecule has 0 bridgehead atoms. The zero-order valence-electron chi connectivity index (χ0n) is 21.1. The van der Waals surface area contributed by atoms with E-state index in [4.69, 9.17) is 4.74 Å². The molecule has 14 heteroatoms. The molecule has 2 aliphatic rings. The Morgan fingerprint density at radius 1 is 1.00 bits per heavy atom. The molecule has 0 radical (unpaired) electrons. The van der Waals surface area contributed by atoms with Gasteiger partial charge in [-0.25, -0.2) is 33.5 Å². The van der Waals surface area contributed by atoms with Crippen molar-refractivity contribution in [1.82, 2.24) is 29.7 Å². The van der Waals surface area contributed by atoms with Crippen LogP contribution in [-0.2, 0) is 11.0 Å². The van der Waals surface area contributed by atoms with Gasteiger partial charge in [0, 0.05) is 23.5 Å². The molecule has 210 valence electrons. The van der Waals surface area contributed by atoms with E-state index in [-0.39, 0.29) is 52.1 Å². The van der Waals surface area contributed by atoms with Gasteiger partial charge in [0.25, 0.3) is 0 Å². The van der Waals surface area contributed by atoms with Crippen LogP contribution >= 0.6 is 0 Å². The van der Waals surface area contributed by atoms with Crippen LogP contribution in [0.2, 0.25) is 0 Å². The van der Waals surface area contributed by atoms with E-state index in [0.29, 0.717) is 6.42 Å². The Labute approximate surface area is 228 Å². The summed E-state index contributed by atoms with van der Waals surface area (Å²) in [6.07, 6.45) is 0.509. The van der Waals surface area contributed by atoms with Gasteiger partial charge in [-0.2, -0.15) is 18.3 Å². The van der Waals surface area contributed by atoms with E-state index in [0.717, 1.165) is 29.2 Å². The lowest BCUT2D eigenvalue weighted by Crippen LogP contribution is -2.23. The maximum atomic E-state index is 14.2. The SMILES string of the molecule is CCCOc1ccc(-c2ncc(C(C(=O)O)n3cc4nc(-c5cccc(F)c5F)nc-4cn3)cn2)c(C(F)(F)F)c1. The van der Waals surface area contributed by atoms with E-state index in [2.05, 4.69) is 25.0 Å². The zero-order valence-corrected chi connectivity index (χ0v) is 21.1. The number of hydrogen-bond acceptors (Lipinski definition) is 7. The summed E-state index contributed by atoms with van der Waals surface area (Å²) in [4.78, 5) is 28.5. The Bertz CT molecular complexity index is 1690. The van der Waals surface area contributed by atoms with Crippen molar-refractivity contribution in [3.8, 4) is 39.9 Å². The van der Waals surface area contributed by atoms with Crippen molar-refractivity contribution in [2.75, 3.05) is 6.61 Å². The number of fused-ring (bicyclic) bond motifs is 1. The van der Waals surface area contributed by atoms with Crippen LogP contribution in [0, 0.1) is 11.6 Å². The molecule has 1 atom stereocenters. The number of halogens is 5. The highest BCUT2D eigenvalue weighted by molar-refractivity contribution is 5.76. The zero-order chi connectivity index (χ0) is 29.3. The van der Waals surface area contributed by atoms with Crippen LogP contribution in [0.25, 0.3) is 34.2 Å². The van der Waals surface area contributed by atoms with Crippen molar-refractivity contribution in [1.29, 1.82) is 0 Å². The van der Waals surface area contributed by atoms with Gasteiger partial charge in [0.2, 0.25) is 0 Å². The molecule has 1 unspecified atom stereocenters. The maximum absolute atomic E-state index is 14.2. The van der Waals surface area contributed by atoms with E-state index in [9.17, 15) is 31.9 Å². The molecule has 3 heterocycles. The lowest BCUT2D eigenvalue weighted by molar-refractivity contribution is -0.140. The minimum Gasteiger partial charge on any atom is -0.494 e. The molecule has 0 amide bonds. The summed E-state index contributed by atoms with van der Waals surface area (Å²) in [5.41, 5.74) is -1.16. The Kier molecular flexibility index (Phi) is 7.30. The van der Waals surface area contributed by atoms with Gasteiger partial charge in [0.05, 0.1) is 30.1 Å². The van der Waals surface area contributed by atoms with E-state index in [1.54, 1.807) is 0 Å². The fraction of sp³-hybridized carbons (Fsp3) is 0.185. The molecule has 2 aromatic carbocycles. The lowest BCUT2D eigenvalue weighted by atomic mass is 10.1. The molecule has 0 fully saturated rings. The summed E-state index contributed by atoms with van der Waals surface area (Å²) in [6.45, 7) is 2.07. The van der Waals surface area contributed by atoms with Gasteiger partial charge in [0.1, 0.15) is 17.1 Å². The van der Waals surface area contributed by atoms with Crippen LogP contribution < -0.4 is 4.74 Å². The van der Waals surface area contributed by atoms with Gasteiger partial charge < -0.3 is 9.84 Å². The van der Waals surface area contributed by atoms with E-state index in [1.165, 1.54) is 36.7 Å². The van der Waals surface area contributed by atoms with Gasteiger partial charge in [-0.3, -0.25) is 4.68 Å². The average molecular weight is 570 g/mol. The summed E-state index contributed by atoms with van der Waals surface area (Å²) < 4.78 is 75.6. The number of ether oxygens (including phenoxy) is 1. The van der Waals surface area contributed by atoms with Crippen LogP contribution in [-0.4, -0.2) is 47.4 Å². The third-order valence-electron chi connectivity index (χ3n) is 5.97. The molecule has 41 heavy (non-hydrogen) atoms. The van der Waals surface area contributed by atoms with Crippen LogP contribution in [0.1, 0.15) is 30.5 Å². The van der Waals surface area contributed by atoms with E-state index in [1.807, 2.05) is 6.92 Å². The van der Waals surface area contributed by atoms with Crippen molar-refractivity contribution in [2.24, 2.45) is 0 Å². The molecule has 1 N–H and O–H groups in total. The second-order valence-corrected chi connectivity index (χ2v) is 8.81. The first-order valence-corrected chi connectivity index (χ1v) is 12.1. The standard InChI is InChI=1S/C27H19F5N6O3/c1-2-8-41-15-6-7-16(18(9-15)27(30,31)32)24-33-10-14(11-34-24)23(26(39)40)38-13-21-20(12-35-38)36-25(37-21)17-4-3-5-19(28)22(17)29/h3-7,9-13,23H,2,8H2,1H3,(H,39,40). The molecule has 1 aromatic heterocycles.